The number of aryl methyl sites for hydroxylation is 1. The lowest BCUT2D eigenvalue weighted by molar-refractivity contribution is 0.264. The van der Waals surface area contributed by atoms with Crippen LogP contribution < -0.4 is 10.2 Å². The first-order chi connectivity index (χ1) is 12.8. The molecular weight excluding hydrogens is 331 g/mol. The van der Waals surface area contributed by atoms with Crippen molar-refractivity contribution in [3.8, 4) is 0 Å². The van der Waals surface area contributed by atoms with Gasteiger partial charge in [-0.15, -0.1) is 0 Å². The molecule has 26 heavy (non-hydrogen) atoms. The molecule has 1 aromatic heterocycles. The zero-order chi connectivity index (χ0) is 17.8. The second-order valence-corrected chi connectivity index (χ2v) is 6.64. The van der Waals surface area contributed by atoms with Crippen LogP contribution in [0.15, 0.2) is 41.7 Å². The Hall–Kier alpha value is -2.54. The number of anilines is 2. The summed E-state index contributed by atoms with van der Waals surface area (Å²) in [6.07, 6.45) is 4.48. The number of piperazine rings is 1. The van der Waals surface area contributed by atoms with Crippen molar-refractivity contribution in [3.63, 3.8) is 0 Å². The van der Waals surface area contributed by atoms with Gasteiger partial charge in [-0.05, 0) is 18.1 Å². The van der Waals surface area contributed by atoms with Gasteiger partial charge < -0.3 is 10.2 Å². The van der Waals surface area contributed by atoms with Crippen LogP contribution >= 0.6 is 0 Å². The zero-order valence-corrected chi connectivity index (χ0v) is 14.7. The minimum atomic E-state index is -0.398. The number of benzene rings is 1. The van der Waals surface area contributed by atoms with Gasteiger partial charge in [0.1, 0.15) is 5.84 Å². The maximum absolute atomic E-state index is 12.9. The van der Waals surface area contributed by atoms with Gasteiger partial charge in [-0.3, -0.25) is 9.89 Å². The SMILES string of the molecule is Fc1cnc(N2CCN(CCN=C3CCc4ccccc4N3)CC2)nc1. The Kier molecular flexibility index (Phi) is 5.06. The van der Waals surface area contributed by atoms with E-state index >= 15 is 0 Å². The van der Waals surface area contributed by atoms with E-state index < -0.39 is 5.82 Å². The topological polar surface area (TPSA) is 56.7 Å². The quantitative estimate of drug-likeness (QED) is 0.912. The number of nitrogens with one attached hydrogen (secondary N) is 1. The number of fused-ring (bicyclic) bond motifs is 1. The summed E-state index contributed by atoms with van der Waals surface area (Å²) in [5, 5.41) is 3.44. The molecule has 2 aromatic rings. The molecule has 0 bridgehead atoms. The van der Waals surface area contributed by atoms with Crippen LogP contribution in [-0.4, -0.2) is 60.0 Å². The molecule has 1 saturated heterocycles. The van der Waals surface area contributed by atoms with Crippen LogP contribution in [0.25, 0.3) is 0 Å². The fourth-order valence-electron chi connectivity index (χ4n) is 3.42. The smallest absolute Gasteiger partial charge is 0.225 e. The predicted octanol–water partition coefficient (Wildman–Crippen LogP) is 2.19. The third-order valence-electron chi connectivity index (χ3n) is 4.91. The van der Waals surface area contributed by atoms with E-state index in [1.807, 2.05) is 0 Å². The molecule has 1 aromatic carbocycles. The van der Waals surface area contributed by atoms with E-state index in [1.54, 1.807) is 0 Å². The zero-order valence-electron chi connectivity index (χ0n) is 14.7. The molecule has 0 saturated carbocycles. The average Bonchev–Trinajstić information content (AvgIpc) is 2.69. The van der Waals surface area contributed by atoms with Gasteiger partial charge in [0.2, 0.25) is 5.95 Å². The average molecular weight is 354 g/mol. The monoisotopic (exact) mass is 354 g/mol. The first-order valence-electron chi connectivity index (χ1n) is 9.11. The molecular formula is C19H23FN6. The molecule has 0 aliphatic carbocycles. The largest absolute Gasteiger partial charge is 0.344 e. The number of amidine groups is 1. The van der Waals surface area contributed by atoms with Crippen LogP contribution in [-0.2, 0) is 6.42 Å². The molecule has 0 radical (unpaired) electrons. The highest BCUT2D eigenvalue weighted by Crippen LogP contribution is 2.21. The highest BCUT2D eigenvalue weighted by Gasteiger charge is 2.19. The van der Waals surface area contributed by atoms with Crippen LogP contribution in [0, 0.1) is 5.82 Å². The Morgan fingerprint density at radius 1 is 1.04 bits per heavy atom. The van der Waals surface area contributed by atoms with Crippen molar-refractivity contribution in [1.82, 2.24) is 14.9 Å². The number of para-hydroxylation sites is 1. The number of rotatable bonds is 4. The van der Waals surface area contributed by atoms with Gasteiger partial charge in [-0.1, -0.05) is 18.2 Å². The summed E-state index contributed by atoms with van der Waals surface area (Å²) >= 11 is 0. The van der Waals surface area contributed by atoms with Gasteiger partial charge in [0.25, 0.3) is 0 Å². The van der Waals surface area contributed by atoms with Crippen LogP contribution in [0.2, 0.25) is 0 Å². The second-order valence-electron chi connectivity index (χ2n) is 6.64. The van der Waals surface area contributed by atoms with Crippen LogP contribution in [0.1, 0.15) is 12.0 Å². The maximum Gasteiger partial charge on any atom is 0.225 e. The van der Waals surface area contributed by atoms with E-state index in [-0.39, 0.29) is 0 Å². The van der Waals surface area contributed by atoms with Crippen molar-refractivity contribution in [2.45, 2.75) is 12.8 Å². The minimum Gasteiger partial charge on any atom is -0.344 e. The van der Waals surface area contributed by atoms with Gasteiger partial charge >= 0.3 is 0 Å². The normalized spacial score (nSPS) is 19.3. The van der Waals surface area contributed by atoms with E-state index in [9.17, 15) is 4.39 Å². The van der Waals surface area contributed by atoms with E-state index in [2.05, 4.69) is 49.4 Å². The molecule has 7 heteroatoms. The number of hydrogen-bond donors (Lipinski definition) is 1. The number of aliphatic imine (C=N–C) groups is 1. The Morgan fingerprint density at radius 3 is 2.62 bits per heavy atom. The number of aromatic nitrogens is 2. The van der Waals surface area contributed by atoms with E-state index in [0.717, 1.165) is 57.9 Å². The molecule has 6 nitrogen and oxygen atoms in total. The summed E-state index contributed by atoms with van der Waals surface area (Å²) in [5.74, 6) is 1.30. The molecule has 0 unspecified atom stereocenters. The molecule has 2 aliphatic rings. The summed E-state index contributed by atoms with van der Waals surface area (Å²) in [6, 6.07) is 8.42. The summed E-state index contributed by atoms with van der Waals surface area (Å²) < 4.78 is 12.9. The third kappa shape index (κ3) is 3.99. The van der Waals surface area contributed by atoms with E-state index in [0.29, 0.717) is 5.95 Å². The Bertz CT molecular complexity index is 768. The Balaban J connectivity index is 1.23. The summed E-state index contributed by atoms with van der Waals surface area (Å²) in [6.45, 7) is 5.36. The van der Waals surface area contributed by atoms with Gasteiger partial charge in [-0.25, -0.2) is 14.4 Å². The van der Waals surface area contributed by atoms with Crippen molar-refractivity contribution in [3.05, 3.63) is 48.0 Å². The van der Waals surface area contributed by atoms with E-state index in [4.69, 9.17) is 4.99 Å². The second kappa shape index (κ2) is 7.78. The molecule has 136 valence electrons. The van der Waals surface area contributed by atoms with Gasteiger partial charge in [0, 0.05) is 44.8 Å². The standard InChI is InChI=1S/C19H23FN6/c20-16-13-22-19(23-14-16)26-11-9-25(10-12-26)8-7-21-18-6-5-15-3-1-2-4-17(15)24-18/h1-4,13-14H,5-12H2,(H,21,24). The van der Waals surface area contributed by atoms with Gasteiger partial charge in [0.15, 0.2) is 5.82 Å². The molecule has 0 atom stereocenters. The molecule has 1 fully saturated rings. The van der Waals surface area contributed by atoms with Crippen molar-refractivity contribution in [2.75, 3.05) is 49.5 Å². The molecule has 2 aliphatic heterocycles. The minimum absolute atomic E-state index is 0.398. The number of halogens is 1. The first kappa shape index (κ1) is 16.9. The summed E-state index contributed by atoms with van der Waals surface area (Å²) in [4.78, 5) is 17.4. The molecule has 4 rings (SSSR count). The first-order valence-corrected chi connectivity index (χ1v) is 9.11. The van der Waals surface area contributed by atoms with E-state index in [1.165, 1.54) is 23.6 Å². The number of hydrogen-bond acceptors (Lipinski definition) is 5. The molecule has 0 amide bonds. The maximum atomic E-state index is 12.9. The summed E-state index contributed by atoms with van der Waals surface area (Å²) in [5.41, 5.74) is 2.55. The lowest BCUT2D eigenvalue weighted by Crippen LogP contribution is -2.47. The Morgan fingerprint density at radius 2 is 1.81 bits per heavy atom. The van der Waals surface area contributed by atoms with Crippen molar-refractivity contribution < 1.29 is 4.39 Å². The van der Waals surface area contributed by atoms with Crippen LogP contribution in [0.5, 0.6) is 0 Å². The highest BCUT2D eigenvalue weighted by molar-refractivity contribution is 5.98. The van der Waals surface area contributed by atoms with Crippen molar-refractivity contribution >= 4 is 17.5 Å². The number of nitrogens with zero attached hydrogens (tertiary/aromatic N) is 5. The molecule has 1 N–H and O–H groups in total. The van der Waals surface area contributed by atoms with Crippen LogP contribution in [0.4, 0.5) is 16.0 Å². The summed E-state index contributed by atoms with van der Waals surface area (Å²) in [7, 11) is 0. The Labute approximate surface area is 152 Å². The lowest BCUT2D eigenvalue weighted by Gasteiger charge is -2.34. The third-order valence-corrected chi connectivity index (χ3v) is 4.91. The van der Waals surface area contributed by atoms with Crippen LogP contribution in [0.3, 0.4) is 0 Å². The van der Waals surface area contributed by atoms with Crippen molar-refractivity contribution in [2.24, 2.45) is 4.99 Å². The lowest BCUT2D eigenvalue weighted by atomic mass is 10.0. The highest BCUT2D eigenvalue weighted by atomic mass is 19.1. The van der Waals surface area contributed by atoms with Gasteiger partial charge in [-0.2, -0.15) is 0 Å². The predicted molar refractivity (Wildman–Crippen MR) is 101 cm³/mol. The van der Waals surface area contributed by atoms with Crippen molar-refractivity contribution in [1.29, 1.82) is 0 Å². The molecule has 0 spiro atoms. The van der Waals surface area contributed by atoms with Gasteiger partial charge in [0.05, 0.1) is 18.9 Å². The fraction of sp³-hybridized carbons (Fsp3) is 0.421. The fourth-order valence-corrected chi connectivity index (χ4v) is 3.42. The molecule has 3 heterocycles.